The summed E-state index contributed by atoms with van der Waals surface area (Å²) in [6.07, 6.45) is -0.831. The fourth-order valence-electron chi connectivity index (χ4n) is 3.96. The van der Waals surface area contributed by atoms with E-state index in [-0.39, 0.29) is 18.4 Å². The number of amides is 3. The first-order valence-corrected chi connectivity index (χ1v) is 12.6. The van der Waals surface area contributed by atoms with Crippen LogP contribution in [0.5, 0.6) is 5.75 Å². The summed E-state index contributed by atoms with van der Waals surface area (Å²) in [7, 11) is 0. The summed E-state index contributed by atoms with van der Waals surface area (Å²) in [5, 5.41) is 2.76. The number of carbonyl (C=O) groups excluding carboxylic acids is 3. The van der Waals surface area contributed by atoms with Gasteiger partial charge < -0.3 is 29.3 Å². The molecule has 0 saturated carbocycles. The van der Waals surface area contributed by atoms with Crippen molar-refractivity contribution < 1.29 is 28.6 Å². The van der Waals surface area contributed by atoms with Crippen LogP contribution in [-0.4, -0.2) is 72.3 Å². The molecule has 1 heterocycles. The van der Waals surface area contributed by atoms with Crippen molar-refractivity contribution in [1.29, 1.82) is 0 Å². The Hall–Kier alpha value is -3.75. The molecule has 3 amide bonds. The van der Waals surface area contributed by atoms with Gasteiger partial charge >= 0.3 is 12.2 Å². The van der Waals surface area contributed by atoms with Gasteiger partial charge in [0.05, 0.1) is 6.61 Å². The molecule has 2 aromatic rings. The average Bonchev–Trinajstić information content (AvgIpc) is 2.87. The van der Waals surface area contributed by atoms with Gasteiger partial charge in [-0.15, -0.1) is 0 Å². The molecule has 1 aliphatic heterocycles. The molecule has 1 saturated heterocycles. The van der Waals surface area contributed by atoms with Crippen molar-refractivity contribution in [3.05, 3.63) is 65.7 Å². The Balaban J connectivity index is 1.74. The van der Waals surface area contributed by atoms with Crippen LogP contribution in [-0.2, 0) is 27.3 Å². The van der Waals surface area contributed by atoms with Crippen LogP contribution in [0.2, 0.25) is 0 Å². The van der Waals surface area contributed by atoms with Crippen molar-refractivity contribution in [2.24, 2.45) is 0 Å². The van der Waals surface area contributed by atoms with Crippen molar-refractivity contribution >= 4 is 18.1 Å². The lowest BCUT2D eigenvalue weighted by Crippen LogP contribution is -2.56. The largest absolute Gasteiger partial charge is 0.489 e. The SMILES string of the molecule is CCOC(=O)N1CCN(C(=O)C(Cc2ccccc2OCc2ccccc2)NC(=O)OC(C)(C)C)CC1. The minimum absolute atomic E-state index is 0.223. The zero-order chi connectivity index (χ0) is 26.8. The third-order valence-electron chi connectivity index (χ3n) is 5.74. The Morgan fingerprint density at radius 1 is 0.919 bits per heavy atom. The van der Waals surface area contributed by atoms with Crippen LogP contribution in [0.4, 0.5) is 9.59 Å². The number of hydrogen-bond acceptors (Lipinski definition) is 6. The number of nitrogens with one attached hydrogen (secondary N) is 1. The van der Waals surface area contributed by atoms with Crippen LogP contribution in [0.25, 0.3) is 0 Å². The van der Waals surface area contributed by atoms with Crippen LogP contribution >= 0.6 is 0 Å². The Bertz CT molecular complexity index is 1050. The molecule has 1 N–H and O–H groups in total. The molecule has 1 fully saturated rings. The van der Waals surface area contributed by atoms with E-state index in [1.165, 1.54) is 0 Å². The molecule has 0 spiro atoms. The maximum Gasteiger partial charge on any atom is 0.409 e. The summed E-state index contributed by atoms with van der Waals surface area (Å²) >= 11 is 0. The first-order valence-electron chi connectivity index (χ1n) is 12.6. The highest BCUT2D eigenvalue weighted by atomic mass is 16.6. The van der Waals surface area contributed by atoms with E-state index < -0.39 is 17.7 Å². The zero-order valence-corrected chi connectivity index (χ0v) is 22.1. The van der Waals surface area contributed by atoms with Crippen molar-refractivity contribution in [3.63, 3.8) is 0 Å². The second-order valence-corrected chi connectivity index (χ2v) is 9.80. The molecule has 0 aromatic heterocycles. The lowest BCUT2D eigenvalue weighted by Gasteiger charge is -2.36. The molecule has 1 atom stereocenters. The van der Waals surface area contributed by atoms with E-state index in [0.717, 1.165) is 11.1 Å². The number of hydrogen-bond donors (Lipinski definition) is 1. The van der Waals surface area contributed by atoms with Gasteiger partial charge in [-0.25, -0.2) is 9.59 Å². The predicted molar refractivity (Wildman–Crippen MR) is 139 cm³/mol. The van der Waals surface area contributed by atoms with Crippen LogP contribution in [0.1, 0.15) is 38.8 Å². The minimum atomic E-state index is -0.870. The van der Waals surface area contributed by atoms with Crippen LogP contribution < -0.4 is 10.1 Å². The summed E-state index contributed by atoms with van der Waals surface area (Å²) in [4.78, 5) is 41.5. The number of benzene rings is 2. The van der Waals surface area contributed by atoms with E-state index >= 15 is 0 Å². The van der Waals surface area contributed by atoms with E-state index in [4.69, 9.17) is 14.2 Å². The Labute approximate surface area is 218 Å². The van der Waals surface area contributed by atoms with Crippen molar-refractivity contribution in [2.45, 2.75) is 52.4 Å². The highest BCUT2D eigenvalue weighted by Crippen LogP contribution is 2.22. The number of alkyl carbamates (subject to hydrolysis) is 1. The number of carbonyl (C=O) groups is 3. The van der Waals surface area contributed by atoms with Gasteiger partial charge in [-0.05, 0) is 44.9 Å². The molecule has 37 heavy (non-hydrogen) atoms. The highest BCUT2D eigenvalue weighted by Gasteiger charge is 2.32. The van der Waals surface area contributed by atoms with Crippen LogP contribution in [0.15, 0.2) is 54.6 Å². The predicted octanol–water partition coefficient (Wildman–Crippen LogP) is 4.00. The smallest absolute Gasteiger partial charge is 0.409 e. The molecule has 0 aliphatic carbocycles. The molecule has 0 bridgehead atoms. The number of nitrogens with zero attached hydrogens (tertiary/aromatic N) is 2. The van der Waals surface area contributed by atoms with Crippen molar-refractivity contribution in [1.82, 2.24) is 15.1 Å². The number of ether oxygens (including phenoxy) is 3. The lowest BCUT2D eigenvalue weighted by atomic mass is 10.0. The summed E-state index contributed by atoms with van der Waals surface area (Å²) < 4.78 is 16.6. The third-order valence-corrected chi connectivity index (χ3v) is 5.74. The molecule has 9 heteroatoms. The first kappa shape index (κ1) is 27.8. The van der Waals surface area contributed by atoms with E-state index in [1.807, 2.05) is 54.6 Å². The molecular weight excluding hydrogens is 474 g/mol. The third kappa shape index (κ3) is 8.70. The standard InChI is InChI=1S/C28H37N3O6/c1-5-35-27(34)31-17-15-30(16-18-31)25(32)23(29-26(33)37-28(2,3)4)19-22-13-9-10-14-24(22)36-20-21-11-7-6-8-12-21/h6-14,23H,5,15-20H2,1-4H3,(H,29,33). The van der Waals surface area contributed by atoms with Gasteiger partial charge in [0.25, 0.3) is 0 Å². The van der Waals surface area contributed by atoms with E-state index in [1.54, 1.807) is 37.5 Å². The van der Waals surface area contributed by atoms with Crippen LogP contribution in [0.3, 0.4) is 0 Å². The Morgan fingerprint density at radius 2 is 1.54 bits per heavy atom. The number of para-hydroxylation sites is 1. The van der Waals surface area contributed by atoms with E-state index in [0.29, 0.717) is 45.1 Å². The normalized spacial score (nSPS) is 14.5. The van der Waals surface area contributed by atoms with Gasteiger partial charge in [0, 0.05) is 32.6 Å². The quantitative estimate of drug-likeness (QED) is 0.575. The molecule has 1 unspecified atom stereocenters. The van der Waals surface area contributed by atoms with E-state index in [2.05, 4.69) is 5.32 Å². The lowest BCUT2D eigenvalue weighted by molar-refractivity contribution is -0.135. The van der Waals surface area contributed by atoms with Gasteiger partial charge in [-0.2, -0.15) is 0 Å². The fourth-order valence-corrected chi connectivity index (χ4v) is 3.96. The minimum Gasteiger partial charge on any atom is -0.489 e. The van der Waals surface area contributed by atoms with Crippen molar-refractivity contribution in [3.8, 4) is 5.75 Å². The molecule has 9 nitrogen and oxygen atoms in total. The maximum atomic E-state index is 13.6. The second-order valence-electron chi connectivity index (χ2n) is 9.80. The van der Waals surface area contributed by atoms with E-state index in [9.17, 15) is 14.4 Å². The fraction of sp³-hybridized carbons (Fsp3) is 0.464. The number of rotatable bonds is 8. The van der Waals surface area contributed by atoms with Gasteiger partial charge in [0.15, 0.2) is 0 Å². The highest BCUT2D eigenvalue weighted by molar-refractivity contribution is 5.86. The Morgan fingerprint density at radius 3 is 2.19 bits per heavy atom. The summed E-state index contributed by atoms with van der Waals surface area (Å²) in [6, 6.07) is 16.4. The maximum absolute atomic E-state index is 13.6. The second kappa shape index (κ2) is 13.0. The monoisotopic (exact) mass is 511 g/mol. The van der Waals surface area contributed by atoms with Crippen molar-refractivity contribution in [2.75, 3.05) is 32.8 Å². The Kier molecular flexibility index (Phi) is 9.77. The summed E-state index contributed by atoms with van der Waals surface area (Å²) in [6.45, 7) is 9.15. The van der Waals surface area contributed by atoms with Gasteiger partial charge in [-0.1, -0.05) is 48.5 Å². The molecule has 200 valence electrons. The van der Waals surface area contributed by atoms with Crippen LogP contribution in [0, 0.1) is 0 Å². The molecular formula is C28H37N3O6. The van der Waals surface area contributed by atoms with Gasteiger partial charge in [0.2, 0.25) is 5.91 Å². The molecule has 0 radical (unpaired) electrons. The zero-order valence-electron chi connectivity index (χ0n) is 22.1. The number of piperazine rings is 1. The first-order chi connectivity index (χ1) is 17.7. The summed E-state index contributed by atoms with van der Waals surface area (Å²) in [5.41, 5.74) is 1.11. The average molecular weight is 512 g/mol. The molecule has 1 aliphatic rings. The molecule has 2 aromatic carbocycles. The topological polar surface area (TPSA) is 97.4 Å². The molecule has 3 rings (SSSR count). The summed E-state index contributed by atoms with van der Waals surface area (Å²) in [5.74, 6) is 0.398. The van der Waals surface area contributed by atoms with Gasteiger partial charge in [0.1, 0.15) is 24.0 Å². The van der Waals surface area contributed by atoms with Gasteiger partial charge in [-0.3, -0.25) is 4.79 Å².